The van der Waals surface area contributed by atoms with Gasteiger partial charge in [0.2, 0.25) is 5.91 Å². The number of aryl methyl sites for hydroxylation is 1. The number of aromatic nitrogens is 1. The fourth-order valence-corrected chi connectivity index (χ4v) is 3.59. The minimum absolute atomic E-state index is 0.0681. The molecule has 0 saturated heterocycles. The van der Waals surface area contributed by atoms with Gasteiger partial charge in [0.1, 0.15) is 17.4 Å². The summed E-state index contributed by atoms with van der Waals surface area (Å²) in [6, 6.07) is 16.1. The van der Waals surface area contributed by atoms with E-state index >= 15 is 0 Å². The molecule has 0 aliphatic carbocycles. The van der Waals surface area contributed by atoms with E-state index in [0.29, 0.717) is 6.61 Å². The largest absolute Gasteiger partial charge is 0.486 e. The van der Waals surface area contributed by atoms with Crippen LogP contribution in [0.3, 0.4) is 0 Å². The van der Waals surface area contributed by atoms with Crippen LogP contribution < -0.4 is 10.1 Å². The molecule has 1 aromatic heterocycles. The lowest BCUT2D eigenvalue weighted by Gasteiger charge is -2.19. The molecule has 0 bridgehead atoms. The third-order valence-electron chi connectivity index (χ3n) is 4.67. The second-order valence-electron chi connectivity index (χ2n) is 8.07. The lowest BCUT2D eigenvalue weighted by atomic mass is 9.87. The Hall–Kier alpha value is -2.66. The van der Waals surface area contributed by atoms with Gasteiger partial charge in [-0.25, -0.2) is 4.98 Å². The van der Waals surface area contributed by atoms with Crippen molar-refractivity contribution in [3.05, 3.63) is 75.7 Å². The lowest BCUT2D eigenvalue weighted by molar-refractivity contribution is -0.115. The van der Waals surface area contributed by atoms with E-state index in [2.05, 4.69) is 62.3 Å². The fourth-order valence-electron chi connectivity index (χ4n) is 2.89. The Morgan fingerprint density at radius 3 is 2.38 bits per heavy atom. The van der Waals surface area contributed by atoms with Gasteiger partial charge >= 0.3 is 0 Å². The predicted octanol–water partition coefficient (Wildman–Crippen LogP) is 5.76. The van der Waals surface area contributed by atoms with Crippen LogP contribution in [0.5, 0.6) is 5.75 Å². The Morgan fingerprint density at radius 1 is 1.07 bits per heavy atom. The second kappa shape index (κ2) is 9.23. The van der Waals surface area contributed by atoms with Crippen LogP contribution in [0, 0.1) is 0 Å². The molecule has 1 amide bonds. The molecular weight excluding hydrogens is 380 g/mol. The van der Waals surface area contributed by atoms with E-state index in [1.165, 1.54) is 22.5 Å². The summed E-state index contributed by atoms with van der Waals surface area (Å²) in [6.07, 6.45) is 1.27. The molecule has 0 unspecified atom stereocenters. The average molecular weight is 409 g/mol. The number of nitrogens with one attached hydrogen (secondary N) is 1. The summed E-state index contributed by atoms with van der Waals surface area (Å²) in [5, 5.41) is 5.72. The van der Waals surface area contributed by atoms with Gasteiger partial charge in [0.05, 0.1) is 12.1 Å². The van der Waals surface area contributed by atoms with Gasteiger partial charge < -0.3 is 10.1 Å². The highest BCUT2D eigenvalue weighted by Crippen LogP contribution is 2.23. The van der Waals surface area contributed by atoms with E-state index in [1.54, 1.807) is 0 Å². The van der Waals surface area contributed by atoms with E-state index in [-0.39, 0.29) is 17.7 Å². The Bertz CT molecular complexity index is 938. The van der Waals surface area contributed by atoms with E-state index in [0.717, 1.165) is 28.6 Å². The Kier molecular flexibility index (Phi) is 6.70. The molecule has 3 rings (SSSR count). The van der Waals surface area contributed by atoms with Crippen molar-refractivity contribution in [2.24, 2.45) is 0 Å². The highest BCUT2D eigenvalue weighted by molar-refractivity contribution is 7.09. The summed E-state index contributed by atoms with van der Waals surface area (Å²) in [5.41, 5.74) is 4.19. The second-order valence-corrected chi connectivity index (χ2v) is 9.01. The maximum absolute atomic E-state index is 12.3. The number of rotatable bonds is 7. The van der Waals surface area contributed by atoms with Crippen LogP contribution in [-0.4, -0.2) is 10.9 Å². The number of benzene rings is 2. The van der Waals surface area contributed by atoms with Gasteiger partial charge in [-0.05, 0) is 47.2 Å². The van der Waals surface area contributed by atoms with Crippen molar-refractivity contribution in [2.45, 2.75) is 52.6 Å². The summed E-state index contributed by atoms with van der Waals surface area (Å²) in [7, 11) is 0. The molecule has 152 valence electrons. The minimum atomic E-state index is -0.0681. The van der Waals surface area contributed by atoms with Crippen molar-refractivity contribution in [3.8, 4) is 5.75 Å². The van der Waals surface area contributed by atoms with Crippen molar-refractivity contribution in [2.75, 3.05) is 5.32 Å². The van der Waals surface area contributed by atoms with E-state index in [4.69, 9.17) is 4.74 Å². The van der Waals surface area contributed by atoms with Gasteiger partial charge in [-0.1, -0.05) is 52.0 Å². The van der Waals surface area contributed by atoms with Gasteiger partial charge in [0, 0.05) is 11.1 Å². The minimum Gasteiger partial charge on any atom is -0.486 e. The van der Waals surface area contributed by atoms with Crippen LogP contribution in [0.2, 0.25) is 0 Å². The molecule has 1 heterocycles. The van der Waals surface area contributed by atoms with Crippen molar-refractivity contribution in [1.29, 1.82) is 0 Å². The summed E-state index contributed by atoms with van der Waals surface area (Å²) >= 11 is 1.51. The molecule has 29 heavy (non-hydrogen) atoms. The maximum Gasteiger partial charge on any atom is 0.230 e. The number of amides is 1. The van der Waals surface area contributed by atoms with E-state index < -0.39 is 0 Å². The van der Waals surface area contributed by atoms with Gasteiger partial charge in [-0.3, -0.25) is 4.79 Å². The normalized spacial score (nSPS) is 11.3. The fraction of sp³-hybridized carbons (Fsp3) is 0.333. The molecular formula is C24H28N2O2S. The van der Waals surface area contributed by atoms with Crippen LogP contribution >= 0.6 is 11.3 Å². The number of carbonyl (C=O) groups is 1. The molecule has 0 fully saturated rings. The molecule has 0 aliphatic heterocycles. The van der Waals surface area contributed by atoms with Crippen LogP contribution in [0.15, 0.2) is 53.9 Å². The number of anilines is 1. The first-order valence-electron chi connectivity index (χ1n) is 9.89. The SMILES string of the molecule is CCc1ccc(OCc2nc(CC(=O)Nc3ccc(C(C)(C)C)cc3)cs2)cc1. The zero-order chi connectivity index (χ0) is 20.9. The zero-order valence-corrected chi connectivity index (χ0v) is 18.3. The summed E-state index contributed by atoms with van der Waals surface area (Å²) < 4.78 is 5.79. The predicted molar refractivity (Wildman–Crippen MR) is 120 cm³/mol. The van der Waals surface area contributed by atoms with Gasteiger partial charge in [0.25, 0.3) is 0 Å². The van der Waals surface area contributed by atoms with Crippen molar-refractivity contribution >= 4 is 22.9 Å². The van der Waals surface area contributed by atoms with Crippen LogP contribution in [0.1, 0.15) is 49.5 Å². The lowest BCUT2D eigenvalue weighted by Crippen LogP contribution is -2.15. The Morgan fingerprint density at radius 2 is 1.76 bits per heavy atom. The van der Waals surface area contributed by atoms with Crippen LogP contribution in [0.25, 0.3) is 0 Å². The first-order valence-corrected chi connectivity index (χ1v) is 10.8. The third kappa shape index (κ3) is 6.16. The molecule has 0 spiro atoms. The highest BCUT2D eigenvalue weighted by atomic mass is 32.1. The van der Waals surface area contributed by atoms with E-state index in [9.17, 15) is 4.79 Å². The summed E-state index contributed by atoms with van der Waals surface area (Å²) in [5.74, 6) is 0.761. The topological polar surface area (TPSA) is 51.2 Å². The molecule has 5 heteroatoms. The average Bonchev–Trinajstić information content (AvgIpc) is 3.13. The Labute approximate surface area is 177 Å². The molecule has 4 nitrogen and oxygen atoms in total. The Balaban J connectivity index is 1.50. The van der Waals surface area contributed by atoms with E-state index in [1.807, 2.05) is 29.6 Å². The number of ether oxygens (including phenoxy) is 1. The first kappa shape index (κ1) is 21.1. The zero-order valence-electron chi connectivity index (χ0n) is 17.5. The number of hydrogen-bond donors (Lipinski definition) is 1. The van der Waals surface area contributed by atoms with Crippen LogP contribution in [0.4, 0.5) is 5.69 Å². The number of nitrogens with zero attached hydrogens (tertiary/aromatic N) is 1. The molecule has 0 atom stereocenters. The highest BCUT2D eigenvalue weighted by Gasteiger charge is 2.14. The quantitative estimate of drug-likeness (QED) is 0.540. The van der Waals surface area contributed by atoms with Crippen molar-refractivity contribution in [3.63, 3.8) is 0 Å². The van der Waals surface area contributed by atoms with Crippen molar-refractivity contribution < 1.29 is 9.53 Å². The maximum atomic E-state index is 12.3. The molecule has 0 radical (unpaired) electrons. The van der Waals surface area contributed by atoms with Crippen LogP contribution in [-0.2, 0) is 29.7 Å². The van der Waals surface area contributed by atoms with Gasteiger partial charge in [-0.2, -0.15) is 0 Å². The van der Waals surface area contributed by atoms with Crippen molar-refractivity contribution in [1.82, 2.24) is 4.98 Å². The molecule has 1 N–H and O–H groups in total. The molecule has 0 aliphatic rings. The number of hydrogen-bond acceptors (Lipinski definition) is 4. The summed E-state index contributed by atoms with van der Waals surface area (Å²) in [4.78, 5) is 16.9. The summed E-state index contributed by atoms with van der Waals surface area (Å²) in [6.45, 7) is 9.05. The molecule has 3 aromatic rings. The molecule has 0 saturated carbocycles. The monoisotopic (exact) mass is 408 g/mol. The third-order valence-corrected chi connectivity index (χ3v) is 5.54. The smallest absolute Gasteiger partial charge is 0.230 e. The number of carbonyl (C=O) groups excluding carboxylic acids is 1. The van der Waals surface area contributed by atoms with Gasteiger partial charge in [0.15, 0.2) is 0 Å². The first-order chi connectivity index (χ1) is 13.8. The van der Waals surface area contributed by atoms with Gasteiger partial charge in [-0.15, -0.1) is 11.3 Å². The molecule has 2 aromatic carbocycles. The number of thiazole rings is 1. The standard InChI is InChI=1S/C24H28N2O2S/c1-5-17-6-12-21(13-7-17)28-15-23-26-20(16-29-23)14-22(27)25-19-10-8-18(9-11-19)24(2,3)4/h6-13,16H,5,14-15H2,1-4H3,(H,25,27).